The average molecular weight is 535 g/mol. The van der Waals surface area contributed by atoms with Crippen LogP contribution < -0.4 is 10.1 Å². The van der Waals surface area contributed by atoms with E-state index in [9.17, 15) is 36.2 Å². The zero-order chi connectivity index (χ0) is 27.2. The lowest BCUT2D eigenvalue weighted by molar-refractivity contribution is -0.272. The predicted molar refractivity (Wildman–Crippen MR) is 120 cm³/mol. The van der Waals surface area contributed by atoms with Crippen molar-refractivity contribution >= 4 is 16.9 Å². The summed E-state index contributed by atoms with van der Waals surface area (Å²) in [6, 6.07) is 6.60. The lowest BCUT2D eigenvalue weighted by Crippen LogP contribution is -2.58. The third-order valence-electron chi connectivity index (χ3n) is 6.93. The molecule has 1 aliphatic heterocycles. The molecular formula is C25H27F6NO5. The number of amides is 1. The Bertz CT molecular complexity index is 1140. The van der Waals surface area contributed by atoms with Crippen LogP contribution in [0.3, 0.4) is 0 Å². The number of nitrogens with one attached hydrogen (secondary N) is 1. The van der Waals surface area contributed by atoms with Gasteiger partial charge in [0.15, 0.2) is 5.79 Å². The first-order valence-corrected chi connectivity index (χ1v) is 11.8. The first kappa shape index (κ1) is 27.3. The number of ether oxygens (including phenoxy) is 3. The van der Waals surface area contributed by atoms with Gasteiger partial charge in [0, 0.05) is 0 Å². The molecule has 4 rings (SSSR count). The van der Waals surface area contributed by atoms with Crippen molar-refractivity contribution in [2.75, 3.05) is 13.2 Å². The number of hydrogen-bond acceptors (Lipinski definition) is 4. The fourth-order valence-electron chi connectivity index (χ4n) is 4.88. The van der Waals surface area contributed by atoms with Crippen molar-refractivity contribution in [3.8, 4) is 5.75 Å². The van der Waals surface area contributed by atoms with Crippen LogP contribution in [0.1, 0.15) is 50.7 Å². The van der Waals surface area contributed by atoms with Gasteiger partial charge >= 0.3 is 18.4 Å². The Kier molecular flexibility index (Phi) is 7.04. The molecule has 1 saturated carbocycles. The summed E-state index contributed by atoms with van der Waals surface area (Å²) in [4.78, 5) is 11.5. The summed E-state index contributed by atoms with van der Waals surface area (Å²) in [5.41, 5.74) is -2.03. The van der Waals surface area contributed by atoms with Crippen LogP contribution in [0, 0.1) is 5.92 Å². The largest absolute Gasteiger partial charge is 0.490 e. The molecule has 0 aromatic heterocycles. The molecule has 1 amide bonds. The van der Waals surface area contributed by atoms with Crippen LogP contribution in [0.5, 0.6) is 5.75 Å². The second-order valence-corrected chi connectivity index (χ2v) is 9.99. The molecule has 37 heavy (non-hydrogen) atoms. The molecule has 0 bridgehead atoms. The maximum Gasteiger partial charge on any atom is 0.420 e. The van der Waals surface area contributed by atoms with Gasteiger partial charge in [-0.25, -0.2) is 4.79 Å². The van der Waals surface area contributed by atoms with Crippen LogP contribution in [0.4, 0.5) is 31.1 Å². The summed E-state index contributed by atoms with van der Waals surface area (Å²) in [5, 5.41) is 11.8. The highest BCUT2D eigenvalue weighted by Crippen LogP contribution is 2.44. The summed E-state index contributed by atoms with van der Waals surface area (Å²) >= 11 is 0. The second-order valence-electron chi connectivity index (χ2n) is 9.99. The van der Waals surface area contributed by atoms with E-state index in [-0.39, 0.29) is 49.7 Å². The monoisotopic (exact) mass is 535 g/mol. The van der Waals surface area contributed by atoms with Crippen LogP contribution in [0.25, 0.3) is 10.8 Å². The first-order chi connectivity index (χ1) is 17.1. The second kappa shape index (κ2) is 9.54. The summed E-state index contributed by atoms with van der Waals surface area (Å²) in [5.74, 6) is -2.89. The van der Waals surface area contributed by atoms with Gasteiger partial charge < -0.3 is 24.6 Å². The van der Waals surface area contributed by atoms with E-state index in [1.807, 2.05) is 0 Å². The van der Waals surface area contributed by atoms with Gasteiger partial charge in [-0.1, -0.05) is 18.2 Å². The highest BCUT2D eigenvalue weighted by Gasteiger charge is 2.45. The van der Waals surface area contributed by atoms with E-state index < -0.39 is 53.1 Å². The molecule has 204 valence electrons. The lowest BCUT2D eigenvalue weighted by atomic mass is 9.86. The van der Waals surface area contributed by atoms with Crippen molar-refractivity contribution in [2.24, 2.45) is 5.92 Å². The molecule has 2 N–H and O–H groups in total. The average Bonchev–Trinajstić information content (AvgIpc) is 2.79. The molecule has 0 spiro atoms. The van der Waals surface area contributed by atoms with Crippen molar-refractivity contribution in [3.05, 3.63) is 41.5 Å². The SMILES string of the molecule is CC1(C)OCC(NC(=O)O)(c2ccc3c(C(F)(F)F)c(OC4CCC(C(F)(F)F)CC4)ccc3c2)CO1. The number of benzene rings is 2. The Morgan fingerprint density at radius 2 is 1.62 bits per heavy atom. The van der Waals surface area contributed by atoms with E-state index in [2.05, 4.69) is 5.32 Å². The molecule has 0 radical (unpaired) electrons. The zero-order valence-corrected chi connectivity index (χ0v) is 20.1. The third kappa shape index (κ3) is 5.90. The quantitative estimate of drug-likeness (QED) is 0.431. The van der Waals surface area contributed by atoms with Gasteiger partial charge in [-0.05, 0) is 68.0 Å². The standard InChI is InChI=1S/C25H27F6NO5/c1-22(2)35-12-23(13-36-22,32-21(33)34)16-6-9-18-14(11-16)3-10-19(20(18)25(29,30)31)37-17-7-4-15(5-8-17)24(26,27)28/h3,6,9-11,15,17,32H,4-5,7-8,12-13H2,1-2H3,(H,33,34). The molecule has 2 aliphatic rings. The van der Waals surface area contributed by atoms with Crippen molar-refractivity contribution < 1.29 is 50.5 Å². The third-order valence-corrected chi connectivity index (χ3v) is 6.93. The summed E-state index contributed by atoms with van der Waals surface area (Å²) in [7, 11) is 0. The number of hydrogen-bond donors (Lipinski definition) is 2. The van der Waals surface area contributed by atoms with E-state index in [4.69, 9.17) is 14.2 Å². The minimum atomic E-state index is -4.81. The van der Waals surface area contributed by atoms with Gasteiger partial charge in [-0.3, -0.25) is 0 Å². The molecule has 2 aromatic carbocycles. The molecule has 1 heterocycles. The van der Waals surface area contributed by atoms with Crippen LogP contribution >= 0.6 is 0 Å². The van der Waals surface area contributed by atoms with Gasteiger partial charge in [0.1, 0.15) is 16.9 Å². The topological polar surface area (TPSA) is 77.0 Å². The van der Waals surface area contributed by atoms with Crippen molar-refractivity contribution in [3.63, 3.8) is 0 Å². The number of fused-ring (bicyclic) bond motifs is 1. The molecule has 2 aromatic rings. The van der Waals surface area contributed by atoms with Gasteiger partial charge in [0.05, 0.1) is 25.2 Å². The minimum Gasteiger partial charge on any atom is -0.490 e. The maximum absolute atomic E-state index is 14.2. The van der Waals surface area contributed by atoms with Crippen molar-refractivity contribution in [1.29, 1.82) is 0 Å². The Balaban J connectivity index is 1.67. The number of carboxylic acid groups (broad SMARTS) is 1. The molecule has 2 fully saturated rings. The molecule has 0 atom stereocenters. The van der Waals surface area contributed by atoms with Gasteiger partial charge in [0.2, 0.25) is 0 Å². The fraction of sp³-hybridized carbons (Fsp3) is 0.560. The van der Waals surface area contributed by atoms with Crippen molar-refractivity contribution in [2.45, 2.75) is 69.3 Å². The molecule has 12 heteroatoms. The lowest BCUT2D eigenvalue weighted by Gasteiger charge is -2.43. The number of rotatable bonds is 4. The zero-order valence-electron chi connectivity index (χ0n) is 20.1. The molecule has 0 unspecified atom stereocenters. The van der Waals surface area contributed by atoms with Crippen molar-refractivity contribution in [1.82, 2.24) is 5.32 Å². The highest BCUT2D eigenvalue weighted by molar-refractivity contribution is 5.89. The fourth-order valence-corrected chi connectivity index (χ4v) is 4.88. The minimum absolute atomic E-state index is 0.00181. The number of carbonyl (C=O) groups is 1. The first-order valence-electron chi connectivity index (χ1n) is 11.8. The molecule has 6 nitrogen and oxygen atoms in total. The Morgan fingerprint density at radius 3 is 2.16 bits per heavy atom. The summed E-state index contributed by atoms with van der Waals surface area (Å²) < 4.78 is 98.3. The smallest absolute Gasteiger partial charge is 0.420 e. The predicted octanol–water partition coefficient (Wildman–Crippen LogP) is 6.60. The van der Waals surface area contributed by atoms with E-state index >= 15 is 0 Å². The Labute approximate surface area is 208 Å². The number of halogens is 6. The summed E-state index contributed by atoms with van der Waals surface area (Å²) in [6.07, 6.45) is -11.7. The van der Waals surface area contributed by atoms with E-state index in [0.717, 1.165) is 6.07 Å². The Morgan fingerprint density at radius 1 is 1.00 bits per heavy atom. The van der Waals surface area contributed by atoms with Crippen LogP contribution in [-0.2, 0) is 21.2 Å². The Hall–Kier alpha value is -2.73. The van der Waals surface area contributed by atoms with Gasteiger partial charge in [-0.2, -0.15) is 26.3 Å². The van der Waals surface area contributed by atoms with Gasteiger partial charge in [-0.15, -0.1) is 0 Å². The number of alkyl halides is 6. The van der Waals surface area contributed by atoms with Gasteiger partial charge in [0.25, 0.3) is 0 Å². The molecule has 1 aliphatic carbocycles. The van der Waals surface area contributed by atoms with Crippen LogP contribution in [0.2, 0.25) is 0 Å². The highest BCUT2D eigenvalue weighted by atomic mass is 19.4. The van der Waals surface area contributed by atoms with E-state index in [1.54, 1.807) is 13.8 Å². The molecule has 1 saturated heterocycles. The van der Waals surface area contributed by atoms with E-state index in [1.165, 1.54) is 24.3 Å². The maximum atomic E-state index is 14.2. The summed E-state index contributed by atoms with van der Waals surface area (Å²) in [6.45, 7) is 3.10. The normalized spacial score (nSPS) is 24.0. The van der Waals surface area contributed by atoms with E-state index in [0.29, 0.717) is 5.56 Å². The molecular weight excluding hydrogens is 508 g/mol. The van der Waals surface area contributed by atoms with Crippen LogP contribution in [-0.4, -0.2) is 42.5 Å². The van der Waals surface area contributed by atoms with Crippen LogP contribution in [0.15, 0.2) is 30.3 Å².